The molecule has 1 rings (SSSR count). The van der Waals surface area contributed by atoms with Crippen molar-refractivity contribution in [2.24, 2.45) is 5.90 Å². The first kappa shape index (κ1) is 6.77. The van der Waals surface area contributed by atoms with Gasteiger partial charge in [0.2, 0.25) is 0 Å². The Morgan fingerprint density at radius 2 is 2.50 bits per heavy atom. The molecule has 1 radical (unpaired) electrons. The van der Waals surface area contributed by atoms with Gasteiger partial charge in [-0.2, -0.15) is 5.90 Å². The summed E-state index contributed by atoms with van der Waals surface area (Å²) in [5.41, 5.74) is 0.407. The highest BCUT2D eigenvalue weighted by molar-refractivity contribution is 5.88. The molecule has 0 unspecified atom stereocenters. The third-order valence-electron chi connectivity index (χ3n) is 1.05. The fourth-order valence-electron chi connectivity index (χ4n) is 0.588. The molecule has 1 aromatic carbocycles. The van der Waals surface area contributed by atoms with E-state index < -0.39 is 5.97 Å². The molecule has 0 saturated heterocycles. The van der Waals surface area contributed by atoms with Crippen molar-refractivity contribution < 1.29 is 9.63 Å². The van der Waals surface area contributed by atoms with E-state index in [1.54, 1.807) is 18.2 Å². The summed E-state index contributed by atoms with van der Waals surface area (Å²) in [6.07, 6.45) is 0. The standard InChI is InChI=1S/C7H6NO2/c8-10-7(9)6-4-2-1-3-5-6/h1-2,4-5H,8H2. The monoisotopic (exact) mass is 136 g/mol. The molecule has 3 nitrogen and oxygen atoms in total. The minimum atomic E-state index is -0.545. The van der Waals surface area contributed by atoms with Gasteiger partial charge in [-0.15, -0.1) is 0 Å². The molecule has 0 fully saturated rings. The summed E-state index contributed by atoms with van der Waals surface area (Å²) in [4.78, 5) is 14.6. The molecule has 0 amide bonds. The number of hydrogen-bond donors (Lipinski definition) is 1. The first-order valence-corrected chi connectivity index (χ1v) is 2.72. The van der Waals surface area contributed by atoms with Crippen LogP contribution in [0.25, 0.3) is 0 Å². The zero-order valence-electron chi connectivity index (χ0n) is 5.20. The van der Waals surface area contributed by atoms with Gasteiger partial charge in [0.1, 0.15) is 0 Å². The van der Waals surface area contributed by atoms with Gasteiger partial charge >= 0.3 is 5.97 Å². The van der Waals surface area contributed by atoms with Crippen LogP contribution in [0, 0.1) is 6.07 Å². The Morgan fingerprint density at radius 1 is 1.70 bits per heavy atom. The third-order valence-corrected chi connectivity index (χ3v) is 1.05. The molecule has 3 heteroatoms. The van der Waals surface area contributed by atoms with E-state index in [0.29, 0.717) is 5.56 Å². The highest BCUT2D eigenvalue weighted by atomic mass is 16.7. The van der Waals surface area contributed by atoms with Crippen molar-refractivity contribution in [3.8, 4) is 0 Å². The Hall–Kier alpha value is -1.35. The van der Waals surface area contributed by atoms with Crippen LogP contribution in [0.4, 0.5) is 0 Å². The predicted octanol–water partition coefficient (Wildman–Crippen LogP) is 0.517. The fourth-order valence-corrected chi connectivity index (χ4v) is 0.588. The molecule has 0 atom stereocenters. The van der Waals surface area contributed by atoms with Crippen LogP contribution in [0.5, 0.6) is 0 Å². The maximum atomic E-state index is 10.6. The minimum absolute atomic E-state index is 0.407. The van der Waals surface area contributed by atoms with Crippen molar-refractivity contribution >= 4 is 5.97 Å². The number of rotatable bonds is 1. The highest BCUT2D eigenvalue weighted by Gasteiger charge is 2.01. The lowest BCUT2D eigenvalue weighted by Gasteiger charge is -1.94. The normalized spacial score (nSPS) is 8.90. The van der Waals surface area contributed by atoms with Gasteiger partial charge in [0.15, 0.2) is 0 Å². The van der Waals surface area contributed by atoms with E-state index in [2.05, 4.69) is 16.8 Å². The molecule has 0 heterocycles. The minimum Gasteiger partial charge on any atom is -0.370 e. The summed E-state index contributed by atoms with van der Waals surface area (Å²) < 4.78 is 0. The van der Waals surface area contributed by atoms with Crippen LogP contribution in [0.3, 0.4) is 0 Å². The topological polar surface area (TPSA) is 52.3 Å². The summed E-state index contributed by atoms with van der Waals surface area (Å²) in [5.74, 6) is 4.10. The van der Waals surface area contributed by atoms with Gasteiger partial charge in [-0.05, 0) is 18.2 Å². The number of carbonyl (C=O) groups is 1. The van der Waals surface area contributed by atoms with E-state index in [1.165, 1.54) is 6.07 Å². The van der Waals surface area contributed by atoms with Crippen molar-refractivity contribution in [2.75, 3.05) is 0 Å². The van der Waals surface area contributed by atoms with Crippen LogP contribution in [0.15, 0.2) is 24.3 Å². The second-order valence-corrected chi connectivity index (χ2v) is 1.70. The van der Waals surface area contributed by atoms with Crippen LogP contribution in [0.1, 0.15) is 10.4 Å². The van der Waals surface area contributed by atoms with Crippen molar-refractivity contribution in [1.29, 1.82) is 0 Å². The van der Waals surface area contributed by atoms with Crippen molar-refractivity contribution in [1.82, 2.24) is 0 Å². The van der Waals surface area contributed by atoms with Gasteiger partial charge in [0.05, 0.1) is 5.56 Å². The van der Waals surface area contributed by atoms with E-state index in [0.717, 1.165) is 0 Å². The highest BCUT2D eigenvalue weighted by Crippen LogP contribution is 1.97. The SMILES string of the molecule is NOC(=O)c1c[c]ccc1. The van der Waals surface area contributed by atoms with Gasteiger partial charge < -0.3 is 4.84 Å². The van der Waals surface area contributed by atoms with Crippen LogP contribution in [-0.4, -0.2) is 5.97 Å². The Balaban J connectivity index is 2.85. The second kappa shape index (κ2) is 2.98. The maximum Gasteiger partial charge on any atom is 0.356 e. The summed E-state index contributed by atoms with van der Waals surface area (Å²) >= 11 is 0. The average molecular weight is 136 g/mol. The van der Waals surface area contributed by atoms with Gasteiger partial charge in [-0.25, -0.2) is 4.79 Å². The Kier molecular flexibility index (Phi) is 2.02. The second-order valence-electron chi connectivity index (χ2n) is 1.70. The zero-order chi connectivity index (χ0) is 7.40. The smallest absolute Gasteiger partial charge is 0.356 e. The molecule has 0 spiro atoms. The van der Waals surface area contributed by atoms with Crippen LogP contribution in [-0.2, 0) is 4.84 Å². The molecule has 0 aliphatic heterocycles. The lowest BCUT2D eigenvalue weighted by Crippen LogP contribution is -2.09. The van der Waals surface area contributed by atoms with Crippen molar-refractivity contribution in [3.63, 3.8) is 0 Å². The summed E-state index contributed by atoms with van der Waals surface area (Å²) in [5, 5.41) is 0. The van der Waals surface area contributed by atoms with E-state index in [4.69, 9.17) is 0 Å². The summed E-state index contributed by atoms with van der Waals surface area (Å²) in [6, 6.07) is 9.21. The number of benzene rings is 1. The quantitative estimate of drug-likeness (QED) is 0.572. The summed E-state index contributed by atoms with van der Waals surface area (Å²) in [7, 11) is 0. The van der Waals surface area contributed by atoms with Crippen molar-refractivity contribution in [3.05, 3.63) is 35.9 Å². The number of carbonyl (C=O) groups excluding carboxylic acids is 1. The van der Waals surface area contributed by atoms with Gasteiger partial charge in [0, 0.05) is 0 Å². The molecule has 1 aromatic rings. The van der Waals surface area contributed by atoms with Gasteiger partial charge in [-0.1, -0.05) is 12.1 Å². The molecule has 2 N–H and O–H groups in total. The molecular formula is C7H6NO2. The molecule has 10 heavy (non-hydrogen) atoms. The first-order chi connectivity index (χ1) is 4.84. The molecule has 51 valence electrons. The van der Waals surface area contributed by atoms with Gasteiger partial charge in [-0.3, -0.25) is 0 Å². The predicted molar refractivity (Wildman–Crippen MR) is 34.9 cm³/mol. The lowest BCUT2D eigenvalue weighted by atomic mass is 10.2. The molecular weight excluding hydrogens is 130 g/mol. The van der Waals surface area contributed by atoms with Gasteiger partial charge in [0.25, 0.3) is 0 Å². The maximum absolute atomic E-state index is 10.6. The zero-order valence-corrected chi connectivity index (χ0v) is 5.20. The van der Waals surface area contributed by atoms with E-state index in [1.807, 2.05) is 0 Å². The van der Waals surface area contributed by atoms with Crippen molar-refractivity contribution in [2.45, 2.75) is 0 Å². The largest absolute Gasteiger partial charge is 0.370 e. The molecule has 0 bridgehead atoms. The molecule has 0 saturated carbocycles. The Bertz CT molecular complexity index is 220. The van der Waals surface area contributed by atoms with E-state index >= 15 is 0 Å². The lowest BCUT2D eigenvalue weighted by molar-refractivity contribution is 0.0503. The molecule has 0 aliphatic rings. The summed E-state index contributed by atoms with van der Waals surface area (Å²) in [6.45, 7) is 0. The number of nitrogens with two attached hydrogens (primary N) is 1. The number of hydrogen-bond acceptors (Lipinski definition) is 3. The Labute approximate surface area is 58.4 Å². The molecule has 0 aromatic heterocycles. The van der Waals surface area contributed by atoms with E-state index in [-0.39, 0.29) is 0 Å². The van der Waals surface area contributed by atoms with E-state index in [9.17, 15) is 4.79 Å². The molecule has 0 aliphatic carbocycles. The van der Waals surface area contributed by atoms with Crippen LogP contribution < -0.4 is 5.90 Å². The van der Waals surface area contributed by atoms with Crippen LogP contribution in [0.2, 0.25) is 0 Å². The van der Waals surface area contributed by atoms with Crippen LogP contribution >= 0.6 is 0 Å². The third kappa shape index (κ3) is 1.33. The average Bonchev–Trinajstić information content (AvgIpc) is 2.05. The first-order valence-electron chi connectivity index (χ1n) is 2.72. The fraction of sp³-hybridized carbons (Fsp3) is 0. The Morgan fingerprint density at radius 3 is 3.00 bits per heavy atom.